The molecule has 0 spiro atoms. The molecule has 0 aliphatic heterocycles. The summed E-state index contributed by atoms with van der Waals surface area (Å²) in [6.07, 6.45) is 0. The van der Waals surface area contributed by atoms with E-state index in [4.69, 9.17) is 21.1 Å². The predicted octanol–water partition coefficient (Wildman–Crippen LogP) is 3.93. The lowest BCUT2D eigenvalue weighted by Gasteiger charge is -2.08. The number of hydrogen-bond acceptors (Lipinski definition) is 8. The fourth-order valence-corrected chi connectivity index (χ4v) is 4.30. The summed E-state index contributed by atoms with van der Waals surface area (Å²) in [7, 11) is 3.10. The van der Waals surface area contributed by atoms with Crippen LogP contribution in [-0.2, 0) is 23.2 Å². The van der Waals surface area contributed by atoms with Gasteiger partial charge in [-0.3, -0.25) is 4.79 Å². The fraction of sp³-hybridized carbons (Fsp3) is 0.263. The summed E-state index contributed by atoms with van der Waals surface area (Å²) in [6.45, 7) is 2.05. The molecule has 0 radical (unpaired) electrons. The van der Waals surface area contributed by atoms with Crippen LogP contribution in [0.25, 0.3) is 0 Å². The first-order valence-corrected chi connectivity index (χ1v) is 10.9. The molecule has 0 bridgehead atoms. The molecule has 0 saturated heterocycles. The second-order valence-corrected chi connectivity index (χ2v) is 8.71. The van der Waals surface area contributed by atoms with Crippen LogP contribution in [0.4, 0.5) is 5.00 Å². The Hall–Kier alpha value is -2.56. The normalized spacial score (nSPS) is 10.7. The van der Waals surface area contributed by atoms with E-state index in [9.17, 15) is 9.59 Å². The van der Waals surface area contributed by atoms with Crippen molar-refractivity contribution in [3.8, 4) is 5.75 Å². The average molecular weight is 467 g/mol. The van der Waals surface area contributed by atoms with Crippen molar-refractivity contribution in [3.05, 3.63) is 51.6 Å². The van der Waals surface area contributed by atoms with Crippen LogP contribution < -0.4 is 10.1 Å². The molecule has 11 heteroatoms. The molecule has 0 aliphatic carbocycles. The van der Waals surface area contributed by atoms with Gasteiger partial charge in [0.1, 0.15) is 17.4 Å². The SMILES string of the molecule is COC(=O)c1cc(C)sc1NC(=O)CSc1nnc(COc2ccccc2Cl)n1C. The van der Waals surface area contributed by atoms with Gasteiger partial charge in [-0.25, -0.2) is 4.79 Å². The van der Waals surface area contributed by atoms with Gasteiger partial charge in [0, 0.05) is 11.9 Å². The molecular weight excluding hydrogens is 448 g/mol. The van der Waals surface area contributed by atoms with E-state index in [-0.39, 0.29) is 18.3 Å². The van der Waals surface area contributed by atoms with Crippen molar-refractivity contribution in [1.29, 1.82) is 0 Å². The Kier molecular flexibility index (Phi) is 7.35. The molecule has 0 unspecified atom stereocenters. The van der Waals surface area contributed by atoms with Crippen LogP contribution in [0.2, 0.25) is 5.02 Å². The Labute approximate surface area is 186 Å². The zero-order chi connectivity index (χ0) is 21.7. The Bertz CT molecular complexity index is 1070. The maximum Gasteiger partial charge on any atom is 0.340 e. The Morgan fingerprint density at radius 1 is 1.30 bits per heavy atom. The molecule has 2 heterocycles. The maximum atomic E-state index is 12.4. The number of esters is 1. The van der Waals surface area contributed by atoms with E-state index in [1.54, 1.807) is 29.8 Å². The summed E-state index contributed by atoms with van der Waals surface area (Å²) >= 11 is 8.63. The summed E-state index contributed by atoms with van der Waals surface area (Å²) < 4.78 is 12.2. The summed E-state index contributed by atoms with van der Waals surface area (Å²) in [5, 5.41) is 12.5. The molecule has 158 valence electrons. The van der Waals surface area contributed by atoms with E-state index in [0.717, 1.165) is 4.88 Å². The quantitative estimate of drug-likeness (QED) is 0.397. The first kappa shape index (κ1) is 22.1. The molecule has 2 aromatic heterocycles. The van der Waals surface area contributed by atoms with Gasteiger partial charge in [0.2, 0.25) is 5.91 Å². The van der Waals surface area contributed by atoms with E-state index in [1.165, 1.54) is 30.2 Å². The highest BCUT2D eigenvalue weighted by molar-refractivity contribution is 7.99. The van der Waals surface area contributed by atoms with E-state index in [2.05, 4.69) is 15.5 Å². The number of nitrogens with one attached hydrogen (secondary N) is 1. The first-order valence-electron chi connectivity index (χ1n) is 8.76. The zero-order valence-corrected chi connectivity index (χ0v) is 18.9. The predicted molar refractivity (Wildman–Crippen MR) is 117 cm³/mol. The van der Waals surface area contributed by atoms with Crippen LogP contribution in [-0.4, -0.2) is 39.5 Å². The minimum atomic E-state index is -0.487. The summed E-state index contributed by atoms with van der Waals surface area (Å²) in [4.78, 5) is 25.1. The first-order chi connectivity index (χ1) is 14.4. The lowest BCUT2D eigenvalue weighted by atomic mass is 10.3. The van der Waals surface area contributed by atoms with Crippen molar-refractivity contribution in [2.24, 2.45) is 7.05 Å². The lowest BCUT2D eigenvalue weighted by Crippen LogP contribution is -2.16. The van der Waals surface area contributed by atoms with Gasteiger partial charge < -0.3 is 19.4 Å². The number of carbonyl (C=O) groups excluding carboxylic acids is 2. The van der Waals surface area contributed by atoms with Crippen molar-refractivity contribution in [1.82, 2.24) is 14.8 Å². The summed E-state index contributed by atoms with van der Waals surface area (Å²) in [5.41, 5.74) is 0.344. The molecule has 0 atom stereocenters. The number of carbonyl (C=O) groups is 2. The third kappa shape index (κ3) is 5.32. The van der Waals surface area contributed by atoms with Crippen LogP contribution in [0.3, 0.4) is 0 Å². The number of hydrogen-bond donors (Lipinski definition) is 1. The van der Waals surface area contributed by atoms with Gasteiger partial charge in [-0.2, -0.15) is 0 Å². The van der Waals surface area contributed by atoms with Crippen molar-refractivity contribution < 1.29 is 19.1 Å². The molecule has 30 heavy (non-hydrogen) atoms. The van der Waals surface area contributed by atoms with Gasteiger partial charge in [0.05, 0.1) is 23.4 Å². The van der Waals surface area contributed by atoms with Crippen molar-refractivity contribution in [3.63, 3.8) is 0 Å². The third-order valence-corrected chi connectivity index (χ3v) is 6.26. The Morgan fingerprint density at radius 2 is 2.07 bits per heavy atom. The topological polar surface area (TPSA) is 95.3 Å². The van der Waals surface area contributed by atoms with E-state index in [1.807, 2.05) is 19.1 Å². The van der Waals surface area contributed by atoms with Crippen LogP contribution in [0, 0.1) is 6.92 Å². The van der Waals surface area contributed by atoms with E-state index >= 15 is 0 Å². The highest BCUT2D eigenvalue weighted by atomic mass is 35.5. The van der Waals surface area contributed by atoms with Gasteiger partial charge in [-0.15, -0.1) is 21.5 Å². The second-order valence-electron chi connectivity index (χ2n) is 6.11. The number of ether oxygens (including phenoxy) is 2. The number of aryl methyl sites for hydroxylation is 1. The van der Waals surface area contributed by atoms with Crippen molar-refractivity contribution in [2.75, 3.05) is 18.2 Å². The molecule has 3 aromatic rings. The highest BCUT2D eigenvalue weighted by Crippen LogP contribution is 2.29. The number of halogens is 1. The Morgan fingerprint density at radius 3 is 2.80 bits per heavy atom. The number of thiophene rings is 1. The number of aromatic nitrogens is 3. The zero-order valence-electron chi connectivity index (χ0n) is 16.5. The third-order valence-electron chi connectivity index (χ3n) is 3.96. The number of amides is 1. The van der Waals surface area contributed by atoms with E-state index < -0.39 is 5.97 Å². The minimum absolute atomic E-state index is 0.106. The number of thioether (sulfide) groups is 1. The molecule has 1 N–H and O–H groups in total. The molecule has 1 aromatic carbocycles. The number of benzene rings is 1. The van der Waals surface area contributed by atoms with Gasteiger partial charge in [-0.05, 0) is 25.1 Å². The lowest BCUT2D eigenvalue weighted by molar-refractivity contribution is -0.113. The van der Waals surface area contributed by atoms with Crippen molar-refractivity contribution >= 4 is 51.6 Å². The average Bonchev–Trinajstić information content (AvgIpc) is 3.27. The van der Waals surface area contributed by atoms with Gasteiger partial charge in [0.15, 0.2) is 11.0 Å². The molecule has 8 nitrogen and oxygen atoms in total. The van der Waals surface area contributed by atoms with Crippen LogP contribution in [0.15, 0.2) is 35.5 Å². The monoisotopic (exact) mass is 466 g/mol. The number of nitrogens with zero attached hydrogens (tertiary/aromatic N) is 3. The van der Waals surface area contributed by atoms with Crippen LogP contribution in [0.1, 0.15) is 21.1 Å². The van der Waals surface area contributed by atoms with Gasteiger partial charge >= 0.3 is 5.97 Å². The van der Waals surface area contributed by atoms with Gasteiger partial charge in [-0.1, -0.05) is 35.5 Å². The van der Waals surface area contributed by atoms with Gasteiger partial charge in [0.25, 0.3) is 0 Å². The number of para-hydroxylation sites is 1. The van der Waals surface area contributed by atoms with Crippen molar-refractivity contribution in [2.45, 2.75) is 18.7 Å². The molecule has 1 amide bonds. The molecule has 0 fully saturated rings. The summed E-state index contributed by atoms with van der Waals surface area (Å²) in [5.74, 6) is 0.514. The van der Waals surface area contributed by atoms with Crippen LogP contribution >= 0.6 is 34.7 Å². The number of anilines is 1. The van der Waals surface area contributed by atoms with E-state index in [0.29, 0.717) is 32.3 Å². The minimum Gasteiger partial charge on any atom is -0.484 e. The Balaban J connectivity index is 1.57. The molecule has 3 rings (SSSR count). The second kappa shape index (κ2) is 9.96. The molecule has 0 saturated carbocycles. The number of rotatable bonds is 8. The smallest absolute Gasteiger partial charge is 0.340 e. The largest absolute Gasteiger partial charge is 0.484 e. The maximum absolute atomic E-state index is 12.4. The molecular formula is C19H19ClN4O4S2. The van der Waals surface area contributed by atoms with Crippen LogP contribution in [0.5, 0.6) is 5.75 Å². The standard InChI is InChI=1S/C19H19ClN4O4S2/c1-11-8-12(18(26)27-3)17(30-11)21-16(25)10-29-19-23-22-15(24(19)2)9-28-14-7-5-4-6-13(14)20/h4-8H,9-10H2,1-3H3,(H,21,25). The number of methoxy groups -OCH3 is 1. The fourth-order valence-electron chi connectivity index (χ4n) is 2.46. The molecule has 0 aliphatic rings. The highest BCUT2D eigenvalue weighted by Gasteiger charge is 2.18. The summed E-state index contributed by atoms with van der Waals surface area (Å²) in [6, 6.07) is 8.86.